The molecular formula is C24H31N3O2. The van der Waals surface area contributed by atoms with E-state index in [4.69, 9.17) is 4.74 Å². The van der Waals surface area contributed by atoms with E-state index < -0.39 is 0 Å². The number of piperazine rings is 1. The molecule has 0 radical (unpaired) electrons. The first-order valence-corrected chi connectivity index (χ1v) is 10.6. The van der Waals surface area contributed by atoms with Crippen molar-refractivity contribution < 1.29 is 9.53 Å². The minimum absolute atomic E-state index is 0.00893. The van der Waals surface area contributed by atoms with Gasteiger partial charge in [-0.1, -0.05) is 18.2 Å². The third kappa shape index (κ3) is 4.80. The Kier molecular flexibility index (Phi) is 6.16. The van der Waals surface area contributed by atoms with Crippen molar-refractivity contribution in [1.29, 1.82) is 0 Å². The third-order valence-corrected chi connectivity index (χ3v) is 6.22. The fourth-order valence-corrected chi connectivity index (χ4v) is 4.31. The van der Waals surface area contributed by atoms with Crippen LogP contribution in [-0.2, 0) is 12.8 Å². The van der Waals surface area contributed by atoms with Crippen LogP contribution < -0.4 is 10.1 Å². The number of benzene rings is 2. The number of hydrogen-bond acceptors (Lipinski definition) is 4. The molecule has 1 aliphatic carbocycles. The van der Waals surface area contributed by atoms with Crippen LogP contribution in [0.15, 0.2) is 42.5 Å². The van der Waals surface area contributed by atoms with Crippen LogP contribution in [0.25, 0.3) is 0 Å². The van der Waals surface area contributed by atoms with Gasteiger partial charge >= 0.3 is 0 Å². The molecule has 2 aromatic rings. The number of likely N-dealkylation sites (N-methyl/N-ethyl adjacent to an activating group) is 1. The highest BCUT2D eigenvalue weighted by atomic mass is 16.5. The lowest BCUT2D eigenvalue weighted by molar-refractivity contribution is 0.0907. The van der Waals surface area contributed by atoms with E-state index in [0.717, 1.165) is 62.4 Å². The van der Waals surface area contributed by atoms with Gasteiger partial charge in [-0.15, -0.1) is 0 Å². The molecule has 1 heterocycles. The summed E-state index contributed by atoms with van der Waals surface area (Å²) < 4.78 is 5.30. The summed E-state index contributed by atoms with van der Waals surface area (Å²) in [6, 6.07) is 14.2. The summed E-state index contributed by atoms with van der Waals surface area (Å²) in [6.07, 6.45) is 3.41. The third-order valence-electron chi connectivity index (χ3n) is 6.22. The molecule has 5 heteroatoms. The molecule has 0 aromatic heterocycles. The van der Waals surface area contributed by atoms with Crippen LogP contribution in [-0.4, -0.2) is 62.6 Å². The zero-order valence-electron chi connectivity index (χ0n) is 17.5. The highest BCUT2D eigenvalue weighted by Crippen LogP contribution is 2.24. The van der Waals surface area contributed by atoms with Gasteiger partial charge in [-0.2, -0.15) is 0 Å². The quantitative estimate of drug-likeness (QED) is 0.820. The van der Waals surface area contributed by atoms with Crippen molar-refractivity contribution >= 4 is 5.91 Å². The van der Waals surface area contributed by atoms with Gasteiger partial charge in [-0.3, -0.25) is 9.69 Å². The molecule has 1 saturated heterocycles. The van der Waals surface area contributed by atoms with Gasteiger partial charge in [-0.25, -0.2) is 0 Å². The first-order chi connectivity index (χ1) is 14.1. The van der Waals surface area contributed by atoms with Crippen LogP contribution >= 0.6 is 0 Å². The number of ether oxygens (including phenoxy) is 1. The second-order valence-corrected chi connectivity index (χ2v) is 8.24. The molecule has 1 amide bonds. The van der Waals surface area contributed by atoms with E-state index >= 15 is 0 Å². The largest absolute Gasteiger partial charge is 0.497 e. The minimum Gasteiger partial charge on any atom is -0.497 e. The zero-order valence-corrected chi connectivity index (χ0v) is 17.5. The van der Waals surface area contributed by atoms with Crippen LogP contribution in [0, 0.1) is 0 Å². The zero-order chi connectivity index (χ0) is 20.2. The number of methoxy groups -OCH3 is 1. The number of rotatable bonds is 6. The van der Waals surface area contributed by atoms with E-state index in [2.05, 4.69) is 46.4 Å². The van der Waals surface area contributed by atoms with E-state index in [-0.39, 0.29) is 11.9 Å². The summed E-state index contributed by atoms with van der Waals surface area (Å²) in [5.41, 5.74) is 4.60. The van der Waals surface area contributed by atoms with Gasteiger partial charge in [0.05, 0.1) is 13.2 Å². The maximum absolute atomic E-state index is 13.1. The average molecular weight is 394 g/mol. The standard InChI is InChI=1S/C24H31N3O2/c1-26-12-14-27(15-13-26)17-23(19-8-10-22(29-2)11-9-19)25-24(28)21-7-6-18-4-3-5-20(18)16-21/h6-11,16,23H,3-5,12-15,17H2,1-2H3,(H,25,28)/t23-/m1/s1. The Bertz CT molecular complexity index is 842. The first-order valence-electron chi connectivity index (χ1n) is 10.6. The fraction of sp³-hybridized carbons (Fsp3) is 0.458. The maximum atomic E-state index is 13.1. The van der Waals surface area contributed by atoms with Gasteiger partial charge in [0.15, 0.2) is 0 Å². The molecule has 0 spiro atoms. The van der Waals surface area contributed by atoms with E-state index in [1.165, 1.54) is 17.5 Å². The van der Waals surface area contributed by atoms with E-state index in [1.807, 2.05) is 18.2 Å². The summed E-state index contributed by atoms with van der Waals surface area (Å²) in [4.78, 5) is 17.9. The predicted octanol–water partition coefficient (Wildman–Crippen LogP) is 2.90. The number of amides is 1. The molecule has 1 aliphatic heterocycles. The lowest BCUT2D eigenvalue weighted by Crippen LogP contribution is -2.47. The van der Waals surface area contributed by atoms with Gasteiger partial charge in [0, 0.05) is 38.3 Å². The highest BCUT2D eigenvalue weighted by molar-refractivity contribution is 5.94. The van der Waals surface area contributed by atoms with E-state index in [1.54, 1.807) is 7.11 Å². The van der Waals surface area contributed by atoms with Crippen LogP contribution in [0.1, 0.15) is 39.5 Å². The number of nitrogens with one attached hydrogen (secondary N) is 1. The topological polar surface area (TPSA) is 44.8 Å². The monoisotopic (exact) mass is 393 g/mol. The molecule has 4 rings (SSSR count). The van der Waals surface area contributed by atoms with Crippen molar-refractivity contribution in [2.75, 3.05) is 46.9 Å². The van der Waals surface area contributed by atoms with E-state index in [0.29, 0.717) is 0 Å². The van der Waals surface area contributed by atoms with Crippen molar-refractivity contribution in [1.82, 2.24) is 15.1 Å². The first kappa shape index (κ1) is 19.9. The Morgan fingerprint density at radius 2 is 1.76 bits per heavy atom. The fourth-order valence-electron chi connectivity index (χ4n) is 4.31. The Hall–Kier alpha value is -2.37. The Morgan fingerprint density at radius 1 is 1.03 bits per heavy atom. The molecule has 1 fully saturated rings. The molecule has 0 saturated carbocycles. The second-order valence-electron chi connectivity index (χ2n) is 8.24. The normalized spacial score (nSPS) is 18.3. The van der Waals surface area contributed by atoms with Gasteiger partial charge in [0.25, 0.3) is 5.91 Å². The molecule has 2 aromatic carbocycles. The summed E-state index contributed by atoms with van der Waals surface area (Å²) in [5, 5.41) is 3.30. The number of carbonyl (C=O) groups is 1. The van der Waals surface area contributed by atoms with Crippen LogP contribution in [0.4, 0.5) is 0 Å². The van der Waals surface area contributed by atoms with Gasteiger partial charge in [0.2, 0.25) is 0 Å². The molecular weight excluding hydrogens is 362 g/mol. The minimum atomic E-state index is -0.0509. The lowest BCUT2D eigenvalue weighted by atomic mass is 10.0. The lowest BCUT2D eigenvalue weighted by Gasteiger charge is -2.35. The Balaban J connectivity index is 1.51. The Morgan fingerprint density at radius 3 is 2.48 bits per heavy atom. The van der Waals surface area contributed by atoms with Crippen molar-refractivity contribution in [2.45, 2.75) is 25.3 Å². The van der Waals surface area contributed by atoms with Crippen LogP contribution in [0.2, 0.25) is 0 Å². The molecule has 1 atom stereocenters. The number of carbonyl (C=O) groups excluding carboxylic acids is 1. The number of nitrogens with zero attached hydrogens (tertiary/aromatic N) is 2. The smallest absolute Gasteiger partial charge is 0.251 e. The molecule has 29 heavy (non-hydrogen) atoms. The SMILES string of the molecule is COc1ccc([C@@H](CN2CCN(C)CC2)NC(=O)c2ccc3c(c2)CCC3)cc1. The Labute approximate surface area is 173 Å². The molecule has 2 aliphatic rings. The number of aryl methyl sites for hydroxylation is 2. The molecule has 5 nitrogen and oxygen atoms in total. The highest BCUT2D eigenvalue weighted by Gasteiger charge is 2.22. The van der Waals surface area contributed by atoms with Crippen molar-refractivity contribution in [3.63, 3.8) is 0 Å². The van der Waals surface area contributed by atoms with Crippen LogP contribution in [0.3, 0.4) is 0 Å². The van der Waals surface area contributed by atoms with Crippen molar-refractivity contribution in [2.24, 2.45) is 0 Å². The number of fused-ring (bicyclic) bond motifs is 1. The van der Waals surface area contributed by atoms with E-state index in [9.17, 15) is 4.79 Å². The maximum Gasteiger partial charge on any atom is 0.251 e. The van der Waals surface area contributed by atoms with Gasteiger partial charge in [-0.05, 0) is 67.3 Å². The van der Waals surface area contributed by atoms with Gasteiger partial charge in [0.1, 0.15) is 5.75 Å². The molecule has 1 N–H and O–H groups in total. The van der Waals surface area contributed by atoms with Crippen LogP contribution in [0.5, 0.6) is 5.75 Å². The van der Waals surface area contributed by atoms with Crippen molar-refractivity contribution in [3.8, 4) is 5.75 Å². The molecule has 0 unspecified atom stereocenters. The second kappa shape index (κ2) is 8.97. The number of hydrogen-bond donors (Lipinski definition) is 1. The van der Waals surface area contributed by atoms with Gasteiger partial charge < -0.3 is 15.0 Å². The summed E-state index contributed by atoms with van der Waals surface area (Å²) >= 11 is 0. The predicted molar refractivity (Wildman–Crippen MR) is 116 cm³/mol. The summed E-state index contributed by atoms with van der Waals surface area (Å²) in [6.45, 7) is 4.99. The summed E-state index contributed by atoms with van der Waals surface area (Å²) in [5.74, 6) is 0.840. The summed E-state index contributed by atoms with van der Waals surface area (Å²) in [7, 11) is 3.83. The molecule has 154 valence electrons. The average Bonchev–Trinajstić information content (AvgIpc) is 3.23. The van der Waals surface area contributed by atoms with Crippen molar-refractivity contribution in [3.05, 3.63) is 64.7 Å². The molecule has 0 bridgehead atoms.